The Hall–Kier alpha value is -4.20. The van der Waals surface area contributed by atoms with Gasteiger partial charge in [0.15, 0.2) is 11.9 Å². The molecule has 3 amide bonds. The third-order valence-electron chi connectivity index (χ3n) is 4.57. The van der Waals surface area contributed by atoms with Gasteiger partial charge in [-0.05, 0) is 31.5 Å². The van der Waals surface area contributed by atoms with Crippen LogP contribution in [-0.2, 0) is 16.1 Å². The molecule has 0 saturated carbocycles. The smallest absolute Gasteiger partial charge is 0.375 e. The number of Topliss-reactive ketones (excluding diaryl/α,β-unsaturated/α-hetero) is 1. The van der Waals surface area contributed by atoms with Gasteiger partial charge in [0.05, 0.1) is 0 Å². The molecule has 2 aromatic carbocycles. The molecular weight excluding hydrogens is 412 g/mol. The van der Waals surface area contributed by atoms with Gasteiger partial charge in [-0.1, -0.05) is 54.6 Å². The van der Waals surface area contributed by atoms with Crippen LogP contribution in [0.25, 0.3) is 11.3 Å². The summed E-state index contributed by atoms with van der Waals surface area (Å²) in [6, 6.07) is 18.2. The molecule has 0 spiro atoms. The summed E-state index contributed by atoms with van der Waals surface area (Å²) in [5, 5.41) is 4.68. The van der Waals surface area contributed by atoms with Crippen LogP contribution in [0, 0.1) is 0 Å². The molecule has 8 nitrogen and oxygen atoms in total. The van der Waals surface area contributed by atoms with E-state index in [9.17, 15) is 19.2 Å². The molecule has 32 heavy (non-hydrogen) atoms. The molecule has 164 valence electrons. The average Bonchev–Trinajstić information content (AvgIpc) is 3.29. The van der Waals surface area contributed by atoms with Gasteiger partial charge in [0.1, 0.15) is 5.76 Å². The number of hydrogen-bond donors (Lipinski definition) is 2. The number of amides is 3. The summed E-state index contributed by atoms with van der Waals surface area (Å²) in [5.74, 6) is -1.35. The van der Waals surface area contributed by atoms with Gasteiger partial charge < -0.3 is 14.5 Å². The molecule has 0 radical (unpaired) electrons. The molecule has 0 fully saturated rings. The number of carbonyl (C=O) groups is 4. The van der Waals surface area contributed by atoms with Crippen LogP contribution in [-0.4, -0.2) is 29.8 Å². The van der Waals surface area contributed by atoms with Gasteiger partial charge in [-0.3, -0.25) is 14.9 Å². The lowest BCUT2D eigenvalue weighted by Gasteiger charge is -2.12. The highest BCUT2D eigenvalue weighted by atomic mass is 16.6. The average molecular weight is 434 g/mol. The van der Waals surface area contributed by atoms with E-state index in [0.29, 0.717) is 16.9 Å². The van der Waals surface area contributed by atoms with Gasteiger partial charge in [0.25, 0.3) is 5.91 Å². The van der Waals surface area contributed by atoms with E-state index < -0.39 is 24.0 Å². The Balaban J connectivity index is 1.52. The first-order valence-electron chi connectivity index (χ1n) is 9.88. The third-order valence-corrected chi connectivity index (χ3v) is 4.57. The van der Waals surface area contributed by atoms with Crippen molar-refractivity contribution < 1.29 is 28.3 Å². The molecule has 1 heterocycles. The summed E-state index contributed by atoms with van der Waals surface area (Å²) < 4.78 is 10.6. The van der Waals surface area contributed by atoms with E-state index in [4.69, 9.17) is 9.15 Å². The Kier molecular flexibility index (Phi) is 7.17. The Morgan fingerprint density at radius 1 is 0.938 bits per heavy atom. The van der Waals surface area contributed by atoms with Crippen molar-refractivity contribution in [1.82, 2.24) is 10.6 Å². The van der Waals surface area contributed by atoms with E-state index in [1.54, 1.807) is 30.3 Å². The summed E-state index contributed by atoms with van der Waals surface area (Å²) in [6.45, 7) is 3.07. The molecule has 8 heteroatoms. The van der Waals surface area contributed by atoms with Crippen molar-refractivity contribution >= 4 is 23.7 Å². The number of ketones is 1. The zero-order chi connectivity index (χ0) is 23.1. The zero-order valence-electron chi connectivity index (χ0n) is 17.6. The summed E-state index contributed by atoms with van der Waals surface area (Å²) in [7, 11) is 0. The van der Waals surface area contributed by atoms with E-state index in [1.807, 2.05) is 30.3 Å². The minimum absolute atomic E-state index is 0.0544. The van der Waals surface area contributed by atoms with Gasteiger partial charge in [-0.15, -0.1) is 0 Å². The number of nitrogens with one attached hydrogen (secondary N) is 2. The minimum atomic E-state index is -1.21. The van der Waals surface area contributed by atoms with E-state index in [1.165, 1.54) is 19.9 Å². The second kappa shape index (κ2) is 10.2. The maximum Gasteiger partial charge on any atom is 0.375 e. The van der Waals surface area contributed by atoms with Crippen molar-refractivity contribution in [2.75, 3.05) is 0 Å². The van der Waals surface area contributed by atoms with Gasteiger partial charge in [-0.2, -0.15) is 0 Å². The SMILES string of the molecule is CC(=O)c1ccc(-c2ccc(C(=O)O[C@@H](C)C(=O)NC(=O)NCc3ccccc3)o2)cc1. The number of esters is 1. The van der Waals surface area contributed by atoms with Crippen LogP contribution in [0.5, 0.6) is 0 Å². The lowest BCUT2D eigenvalue weighted by atomic mass is 10.1. The molecular formula is C24H22N2O6. The van der Waals surface area contributed by atoms with E-state index in [2.05, 4.69) is 10.6 Å². The maximum absolute atomic E-state index is 12.3. The number of urea groups is 1. The summed E-state index contributed by atoms with van der Waals surface area (Å²) in [4.78, 5) is 47.7. The highest BCUT2D eigenvalue weighted by Crippen LogP contribution is 2.23. The zero-order valence-corrected chi connectivity index (χ0v) is 17.6. The van der Waals surface area contributed by atoms with Gasteiger partial charge in [0.2, 0.25) is 5.76 Å². The lowest BCUT2D eigenvalue weighted by molar-refractivity contribution is -0.128. The molecule has 3 aromatic rings. The van der Waals surface area contributed by atoms with Crippen molar-refractivity contribution in [3.05, 3.63) is 83.6 Å². The number of ether oxygens (including phenoxy) is 1. The molecule has 1 atom stereocenters. The third kappa shape index (κ3) is 5.91. The van der Waals surface area contributed by atoms with Crippen LogP contribution in [0.4, 0.5) is 4.79 Å². The molecule has 0 saturated heterocycles. The van der Waals surface area contributed by atoms with Crippen LogP contribution in [0.2, 0.25) is 0 Å². The van der Waals surface area contributed by atoms with Crippen LogP contribution in [0.15, 0.2) is 71.1 Å². The summed E-state index contributed by atoms with van der Waals surface area (Å²) in [6.07, 6.45) is -1.21. The first-order chi connectivity index (χ1) is 15.3. The van der Waals surface area contributed by atoms with Crippen LogP contribution >= 0.6 is 0 Å². The Bertz CT molecular complexity index is 1120. The van der Waals surface area contributed by atoms with Gasteiger partial charge >= 0.3 is 12.0 Å². The number of furan rings is 1. The fraction of sp³-hybridized carbons (Fsp3) is 0.167. The van der Waals surface area contributed by atoms with Crippen molar-refractivity contribution in [3.8, 4) is 11.3 Å². The quantitative estimate of drug-likeness (QED) is 0.433. The molecule has 0 aliphatic carbocycles. The van der Waals surface area contributed by atoms with Gasteiger partial charge in [-0.25, -0.2) is 9.59 Å². The van der Waals surface area contributed by atoms with E-state index in [0.717, 1.165) is 5.56 Å². The van der Waals surface area contributed by atoms with Crippen LogP contribution in [0.3, 0.4) is 0 Å². The maximum atomic E-state index is 12.3. The number of benzene rings is 2. The molecule has 0 aliphatic heterocycles. The Morgan fingerprint density at radius 2 is 1.62 bits per heavy atom. The second-order valence-electron chi connectivity index (χ2n) is 7.00. The fourth-order valence-corrected chi connectivity index (χ4v) is 2.78. The standard InChI is InChI=1S/C24H22N2O6/c1-15(27)18-8-10-19(11-9-18)20-12-13-21(32-20)23(29)31-16(2)22(28)26-24(30)25-14-17-6-4-3-5-7-17/h3-13,16H,14H2,1-2H3,(H2,25,26,28,30)/t16-/m0/s1. The predicted octanol–water partition coefficient (Wildman–Crippen LogP) is 3.72. The molecule has 0 bridgehead atoms. The normalized spacial score (nSPS) is 11.3. The van der Waals surface area contributed by atoms with Crippen LogP contribution in [0.1, 0.15) is 40.3 Å². The molecule has 2 N–H and O–H groups in total. The first-order valence-corrected chi connectivity index (χ1v) is 9.88. The highest BCUT2D eigenvalue weighted by molar-refractivity contribution is 5.98. The Labute approximate surface area is 184 Å². The van der Waals surface area contributed by atoms with E-state index in [-0.39, 0.29) is 18.1 Å². The Morgan fingerprint density at radius 3 is 2.28 bits per heavy atom. The second-order valence-corrected chi connectivity index (χ2v) is 7.00. The number of rotatable bonds is 7. The summed E-state index contributed by atoms with van der Waals surface area (Å²) >= 11 is 0. The van der Waals surface area contributed by atoms with Crippen molar-refractivity contribution in [1.29, 1.82) is 0 Å². The van der Waals surface area contributed by atoms with Crippen molar-refractivity contribution in [2.45, 2.75) is 26.5 Å². The number of carbonyl (C=O) groups excluding carboxylic acids is 4. The molecule has 0 aliphatic rings. The topological polar surface area (TPSA) is 115 Å². The predicted molar refractivity (Wildman–Crippen MR) is 116 cm³/mol. The minimum Gasteiger partial charge on any atom is -0.449 e. The summed E-state index contributed by atoms with van der Waals surface area (Å²) in [5.41, 5.74) is 2.11. The largest absolute Gasteiger partial charge is 0.449 e. The lowest BCUT2D eigenvalue weighted by Crippen LogP contribution is -2.44. The molecule has 3 rings (SSSR count). The number of hydrogen-bond acceptors (Lipinski definition) is 6. The van der Waals surface area contributed by atoms with E-state index >= 15 is 0 Å². The fourth-order valence-electron chi connectivity index (χ4n) is 2.78. The molecule has 1 aromatic heterocycles. The monoisotopic (exact) mass is 434 g/mol. The van der Waals surface area contributed by atoms with Crippen molar-refractivity contribution in [2.24, 2.45) is 0 Å². The molecule has 0 unspecified atom stereocenters. The van der Waals surface area contributed by atoms with Crippen LogP contribution < -0.4 is 10.6 Å². The number of imide groups is 1. The van der Waals surface area contributed by atoms with Crippen molar-refractivity contribution in [3.63, 3.8) is 0 Å². The first kappa shape index (κ1) is 22.5. The highest BCUT2D eigenvalue weighted by Gasteiger charge is 2.23. The van der Waals surface area contributed by atoms with Gasteiger partial charge in [0, 0.05) is 17.7 Å².